The molecule has 0 saturated carbocycles. The van der Waals surface area contributed by atoms with E-state index in [0.29, 0.717) is 11.8 Å². The van der Waals surface area contributed by atoms with Crippen LogP contribution in [0.15, 0.2) is 291 Å². The monoisotopic (exact) mass is 1150 g/mol. The molecule has 14 aromatic rings. The molecule has 1 aromatic heterocycles. The maximum Gasteiger partial charge on any atom is 0.252 e. The van der Waals surface area contributed by atoms with Crippen molar-refractivity contribution < 1.29 is 0 Å². The van der Waals surface area contributed by atoms with E-state index in [0.717, 1.165) is 95.4 Å². The number of anilines is 6. The fourth-order valence-corrected chi connectivity index (χ4v) is 14.9. The first-order valence-corrected chi connectivity index (χ1v) is 31.9. The SMILES string of the molecule is Cc1ccc(-c2ccc3c(c2)N(c2c(-c4ccccc4)cccc2-c2ccccc2)c2cc(-n4c5ccccc5c5ccccc54)cc4c2B3c2ccc(-c3ccc(C)cc3C(C)C)cc2N4c2c(-c3ccccc3)cccc2-c2ccccc2)c(C(C)C)c1. The highest BCUT2D eigenvalue weighted by Crippen LogP contribution is 2.54. The van der Waals surface area contributed by atoms with E-state index >= 15 is 0 Å². The third-order valence-electron chi connectivity index (χ3n) is 19.0. The van der Waals surface area contributed by atoms with Gasteiger partial charge in [-0.2, -0.15) is 0 Å². The van der Waals surface area contributed by atoms with E-state index in [-0.39, 0.29) is 6.71 Å². The van der Waals surface area contributed by atoms with Crippen LogP contribution in [0.25, 0.3) is 94.3 Å². The van der Waals surface area contributed by atoms with Crippen molar-refractivity contribution in [1.29, 1.82) is 0 Å². The van der Waals surface area contributed by atoms with Gasteiger partial charge >= 0.3 is 0 Å². The van der Waals surface area contributed by atoms with Crippen LogP contribution in [0.3, 0.4) is 0 Å². The molecule has 4 heteroatoms. The number of rotatable bonds is 11. The lowest BCUT2D eigenvalue weighted by Gasteiger charge is -2.46. The molecule has 0 spiro atoms. The van der Waals surface area contributed by atoms with Crippen LogP contribution < -0.4 is 26.2 Å². The summed E-state index contributed by atoms with van der Waals surface area (Å²) in [6.07, 6.45) is 0. The van der Waals surface area contributed by atoms with Gasteiger partial charge in [-0.05, 0) is 134 Å². The molecule has 0 saturated heterocycles. The predicted molar refractivity (Wildman–Crippen MR) is 385 cm³/mol. The number of hydrogen-bond donors (Lipinski definition) is 0. The summed E-state index contributed by atoms with van der Waals surface area (Å²) in [6, 6.07) is 110. The number of para-hydroxylation sites is 4. The van der Waals surface area contributed by atoms with Gasteiger partial charge in [-0.1, -0.05) is 294 Å². The van der Waals surface area contributed by atoms with Crippen LogP contribution in [0.1, 0.15) is 61.8 Å². The van der Waals surface area contributed by atoms with E-state index in [9.17, 15) is 0 Å². The Kier molecular flexibility index (Phi) is 13.5. The Hall–Kier alpha value is -10.7. The van der Waals surface area contributed by atoms with Crippen LogP contribution in [0, 0.1) is 13.8 Å². The van der Waals surface area contributed by atoms with Crippen molar-refractivity contribution >= 4 is 79.0 Å². The van der Waals surface area contributed by atoms with Gasteiger partial charge in [0.1, 0.15) is 0 Å². The highest BCUT2D eigenvalue weighted by Gasteiger charge is 2.46. The maximum absolute atomic E-state index is 2.69. The van der Waals surface area contributed by atoms with Gasteiger partial charge in [0.15, 0.2) is 0 Å². The molecule has 90 heavy (non-hydrogen) atoms. The average molecular weight is 1150 g/mol. The Morgan fingerprint density at radius 3 is 1.01 bits per heavy atom. The van der Waals surface area contributed by atoms with Gasteiger partial charge in [0.2, 0.25) is 0 Å². The predicted octanol–water partition coefficient (Wildman–Crippen LogP) is 21.7. The second-order valence-corrected chi connectivity index (χ2v) is 25.3. The van der Waals surface area contributed by atoms with Crippen molar-refractivity contribution in [3.05, 3.63) is 313 Å². The molecule has 16 rings (SSSR count). The van der Waals surface area contributed by atoms with Crippen molar-refractivity contribution in [1.82, 2.24) is 4.57 Å². The molecule has 0 aliphatic carbocycles. The van der Waals surface area contributed by atoms with Crippen molar-refractivity contribution in [2.24, 2.45) is 0 Å². The first-order valence-electron chi connectivity index (χ1n) is 31.9. The van der Waals surface area contributed by atoms with E-state index in [1.807, 2.05) is 0 Å². The van der Waals surface area contributed by atoms with E-state index < -0.39 is 0 Å². The Balaban J connectivity index is 1.12. The zero-order chi connectivity index (χ0) is 60.7. The van der Waals surface area contributed by atoms with Crippen LogP contribution in [0.5, 0.6) is 0 Å². The number of nitrogens with zero attached hydrogens (tertiary/aromatic N) is 3. The topological polar surface area (TPSA) is 11.4 Å². The van der Waals surface area contributed by atoms with Crippen LogP contribution in [0.4, 0.5) is 34.1 Å². The van der Waals surface area contributed by atoms with Crippen molar-refractivity contribution in [2.45, 2.75) is 53.4 Å². The van der Waals surface area contributed by atoms with E-state index in [2.05, 4.69) is 347 Å². The lowest BCUT2D eigenvalue weighted by molar-refractivity contribution is 0.867. The first kappa shape index (κ1) is 54.7. The normalized spacial score (nSPS) is 12.5. The molecule has 3 nitrogen and oxygen atoms in total. The molecular formula is C86H68BN3. The Bertz CT molecular complexity index is 4670. The molecule has 2 aliphatic heterocycles. The highest BCUT2D eigenvalue weighted by atomic mass is 15.2. The molecule has 0 bridgehead atoms. The molecule has 2 aliphatic rings. The molecule has 0 fully saturated rings. The summed E-state index contributed by atoms with van der Waals surface area (Å²) in [5.41, 5.74) is 33.3. The van der Waals surface area contributed by atoms with Gasteiger partial charge < -0.3 is 14.4 Å². The number of benzene rings is 13. The lowest BCUT2D eigenvalue weighted by atomic mass is 9.33. The van der Waals surface area contributed by atoms with Gasteiger partial charge in [-0.15, -0.1) is 0 Å². The van der Waals surface area contributed by atoms with Crippen molar-refractivity contribution in [2.75, 3.05) is 9.80 Å². The molecule has 0 radical (unpaired) electrons. The second-order valence-electron chi connectivity index (χ2n) is 25.3. The average Bonchev–Trinajstić information content (AvgIpc) is 0.750. The number of hydrogen-bond acceptors (Lipinski definition) is 2. The first-order chi connectivity index (χ1) is 44.2. The van der Waals surface area contributed by atoms with Gasteiger partial charge in [0, 0.05) is 55.8 Å². The third kappa shape index (κ3) is 9.03. The van der Waals surface area contributed by atoms with Gasteiger partial charge in [0.05, 0.1) is 28.1 Å². The Morgan fingerprint density at radius 1 is 0.289 bits per heavy atom. The summed E-state index contributed by atoms with van der Waals surface area (Å²) in [5, 5.41) is 2.44. The van der Waals surface area contributed by atoms with E-state index in [4.69, 9.17) is 0 Å². The Morgan fingerprint density at radius 2 is 0.644 bits per heavy atom. The summed E-state index contributed by atoms with van der Waals surface area (Å²) in [4.78, 5) is 5.39. The van der Waals surface area contributed by atoms with Crippen molar-refractivity contribution in [3.8, 4) is 72.4 Å². The number of aryl methyl sites for hydroxylation is 2. The van der Waals surface area contributed by atoms with Crippen molar-refractivity contribution in [3.63, 3.8) is 0 Å². The van der Waals surface area contributed by atoms with Gasteiger partial charge in [0.25, 0.3) is 6.71 Å². The molecular weight excluding hydrogens is 1090 g/mol. The smallest absolute Gasteiger partial charge is 0.252 e. The summed E-state index contributed by atoms with van der Waals surface area (Å²) < 4.78 is 2.54. The standard InChI is InChI=1S/C86H68BN3/c1-55(2)74-49-57(5)41-45-66(74)63-43-47-76-80(51-63)89(85-68(59-25-11-7-12-26-59)35-23-36-69(85)60-27-13-8-14-28-60)82-53-65(88-78-39-21-19-33-72(78)73-34-20-22-40-79(73)88)54-83-84(82)87(76)77-48-44-64(67-46-42-58(6)50-75(67)56(3)4)52-81(77)90(83)86-70(61-29-15-9-16-30-61)37-24-38-71(86)62-31-17-10-18-32-62/h7-56H,1-6H3. The number of aromatic nitrogens is 1. The third-order valence-corrected chi connectivity index (χ3v) is 19.0. The minimum atomic E-state index is -0.193. The number of fused-ring (bicyclic) bond motifs is 7. The highest BCUT2D eigenvalue weighted by molar-refractivity contribution is 7.00. The van der Waals surface area contributed by atoms with Gasteiger partial charge in [-0.25, -0.2) is 0 Å². The quantitative estimate of drug-likeness (QED) is 0.120. The summed E-state index contributed by atoms with van der Waals surface area (Å²) in [5.74, 6) is 0.615. The van der Waals surface area contributed by atoms with E-state index in [1.54, 1.807) is 0 Å². The summed E-state index contributed by atoms with van der Waals surface area (Å²) in [7, 11) is 0. The summed E-state index contributed by atoms with van der Waals surface area (Å²) >= 11 is 0. The van der Waals surface area contributed by atoms with Crippen LogP contribution >= 0.6 is 0 Å². The van der Waals surface area contributed by atoms with Crippen LogP contribution in [-0.4, -0.2) is 11.3 Å². The van der Waals surface area contributed by atoms with Gasteiger partial charge in [-0.3, -0.25) is 0 Å². The fourth-order valence-electron chi connectivity index (χ4n) is 14.9. The molecule has 3 heterocycles. The van der Waals surface area contributed by atoms with Crippen LogP contribution in [0.2, 0.25) is 0 Å². The fraction of sp³-hybridized carbons (Fsp3) is 0.0930. The largest absolute Gasteiger partial charge is 0.310 e. The second kappa shape index (κ2) is 22.2. The molecule has 0 unspecified atom stereocenters. The minimum Gasteiger partial charge on any atom is -0.310 e. The molecule has 430 valence electrons. The molecule has 0 N–H and O–H groups in total. The molecule has 0 atom stereocenters. The molecule has 13 aromatic carbocycles. The maximum atomic E-state index is 2.69. The minimum absolute atomic E-state index is 0.193. The zero-order valence-electron chi connectivity index (χ0n) is 51.8. The van der Waals surface area contributed by atoms with Crippen LogP contribution in [-0.2, 0) is 0 Å². The molecule has 0 amide bonds. The van der Waals surface area contributed by atoms with E-state index in [1.165, 1.54) is 71.7 Å². The zero-order valence-corrected chi connectivity index (χ0v) is 51.8. The Labute approximate surface area is 529 Å². The summed E-state index contributed by atoms with van der Waals surface area (Å²) in [6.45, 7) is 13.6. The lowest BCUT2D eigenvalue weighted by Crippen LogP contribution is -2.61.